The molecule has 0 aliphatic carbocycles. The van der Waals surface area contributed by atoms with Crippen molar-refractivity contribution in [3.05, 3.63) is 28.6 Å². The lowest BCUT2D eigenvalue weighted by Gasteiger charge is -2.53. The second kappa shape index (κ2) is 8.29. The molecule has 2 fully saturated rings. The van der Waals surface area contributed by atoms with Crippen molar-refractivity contribution >= 4 is 64.3 Å². The predicted molar refractivity (Wildman–Crippen MR) is 104 cm³/mol. The number of carboxylic acids is 1. The highest BCUT2D eigenvalue weighted by molar-refractivity contribution is 8.00. The molecule has 2 N–H and O–H groups in total. The second-order valence-electron chi connectivity index (χ2n) is 6.60. The first kappa shape index (κ1) is 21.5. The number of carbonyl (C=O) groups is 4. The number of thioether (sulfide) groups is 1. The molecule has 3 atom stereocenters. The maximum absolute atomic E-state index is 12.6. The van der Waals surface area contributed by atoms with Crippen molar-refractivity contribution in [2.45, 2.75) is 18.3 Å². The van der Waals surface area contributed by atoms with Gasteiger partial charge >= 0.3 is 11.9 Å². The topological polar surface area (TPSA) is 126 Å². The third-order valence-corrected chi connectivity index (χ3v) is 6.59. The van der Waals surface area contributed by atoms with Crippen LogP contribution in [0.3, 0.4) is 0 Å². The molecule has 1 aromatic heterocycles. The van der Waals surface area contributed by atoms with Gasteiger partial charge in [0.15, 0.2) is 0 Å². The predicted octanol–water partition coefficient (Wildman–Crippen LogP) is 1.46. The van der Waals surface area contributed by atoms with Crippen molar-refractivity contribution in [3.63, 3.8) is 0 Å². The van der Waals surface area contributed by atoms with Gasteiger partial charge in [-0.1, -0.05) is 23.2 Å². The van der Waals surface area contributed by atoms with Crippen LogP contribution in [0.4, 0.5) is 0 Å². The Hall–Kier alpha value is -2.17. The van der Waals surface area contributed by atoms with E-state index in [-0.39, 0.29) is 34.7 Å². The zero-order valence-corrected chi connectivity index (χ0v) is 17.3. The molecule has 2 aliphatic heterocycles. The molecule has 29 heavy (non-hydrogen) atoms. The Morgan fingerprint density at radius 2 is 2.17 bits per heavy atom. The van der Waals surface area contributed by atoms with E-state index in [1.54, 1.807) is 6.07 Å². The number of fused-ring (bicyclic) bond motifs is 1. The highest BCUT2D eigenvalue weighted by atomic mass is 35.5. The van der Waals surface area contributed by atoms with Gasteiger partial charge in [-0.2, -0.15) is 0 Å². The van der Waals surface area contributed by atoms with Gasteiger partial charge in [0.2, 0.25) is 5.91 Å². The third-order valence-electron chi connectivity index (χ3n) is 4.62. The molecule has 156 valence electrons. The largest absolute Gasteiger partial charge is 0.481 e. The molecule has 2 saturated heterocycles. The smallest absolute Gasteiger partial charge is 0.315 e. The zero-order chi connectivity index (χ0) is 21.3. The molecule has 0 aromatic carbocycles. The van der Waals surface area contributed by atoms with Crippen molar-refractivity contribution in [3.8, 4) is 0 Å². The number of furan rings is 1. The fourth-order valence-corrected chi connectivity index (χ4v) is 4.95. The molecule has 1 aromatic rings. The van der Waals surface area contributed by atoms with Gasteiger partial charge in [-0.05, 0) is 12.1 Å². The number of halogens is 2. The number of rotatable bonds is 6. The molecular formula is C17H16Cl2N2O7S. The number of esters is 1. The van der Waals surface area contributed by atoms with Crippen molar-refractivity contribution in [1.82, 2.24) is 10.2 Å². The average Bonchev–Trinajstić information content (AvgIpc) is 3.17. The van der Waals surface area contributed by atoms with E-state index in [0.29, 0.717) is 0 Å². The number of ether oxygens (including phenoxy) is 1. The maximum Gasteiger partial charge on any atom is 0.315 e. The van der Waals surface area contributed by atoms with Gasteiger partial charge in [0, 0.05) is 19.2 Å². The molecule has 0 spiro atoms. The monoisotopic (exact) mass is 462 g/mol. The minimum Gasteiger partial charge on any atom is -0.481 e. The summed E-state index contributed by atoms with van der Waals surface area (Å²) in [6, 6.07) is 2.19. The summed E-state index contributed by atoms with van der Waals surface area (Å²) >= 11 is 12.8. The SMILES string of the molecule is CC(=O)OCC1(C(=O)O)CS[C@@H]2C(NC(=O)C(=C(Cl)Cl)c3ccco3)C(=O)N2C1. The molecule has 0 saturated carbocycles. The van der Waals surface area contributed by atoms with Crippen LogP contribution >= 0.6 is 35.0 Å². The van der Waals surface area contributed by atoms with E-state index >= 15 is 0 Å². The van der Waals surface area contributed by atoms with Crippen LogP contribution in [0.1, 0.15) is 12.7 Å². The molecule has 3 rings (SSSR count). The number of carbonyl (C=O) groups excluding carboxylic acids is 3. The second-order valence-corrected chi connectivity index (χ2v) is 8.65. The van der Waals surface area contributed by atoms with E-state index in [1.165, 1.54) is 35.9 Å². The van der Waals surface area contributed by atoms with Gasteiger partial charge < -0.3 is 24.5 Å². The number of hydrogen-bond acceptors (Lipinski definition) is 7. The van der Waals surface area contributed by atoms with Gasteiger partial charge in [0.25, 0.3) is 5.91 Å². The molecule has 9 nitrogen and oxygen atoms in total. The number of nitrogens with zero attached hydrogens (tertiary/aromatic N) is 1. The van der Waals surface area contributed by atoms with E-state index in [0.717, 1.165) is 0 Å². The number of carboxylic acid groups (broad SMARTS) is 1. The normalized spacial score (nSPS) is 25.5. The van der Waals surface area contributed by atoms with Crippen LogP contribution in [0.2, 0.25) is 0 Å². The Kier molecular flexibility index (Phi) is 6.16. The fourth-order valence-electron chi connectivity index (χ4n) is 3.07. The third kappa shape index (κ3) is 4.10. The fraction of sp³-hybridized carbons (Fsp3) is 0.412. The summed E-state index contributed by atoms with van der Waals surface area (Å²) in [5.41, 5.74) is -1.52. The summed E-state index contributed by atoms with van der Waals surface area (Å²) in [6.07, 6.45) is 1.35. The Balaban J connectivity index is 1.70. The molecule has 2 aliphatic rings. The molecule has 0 radical (unpaired) electrons. The minimum absolute atomic E-state index is 0.105. The minimum atomic E-state index is -1.41. The quantitative estimate of drug-likeness (QED) is 0.369. The van der Waals surface area contributed by atoms with E-state index < -0.39 is 40.6 Å². The van der Waals surface area contributed by atoms with Gasteiger partial charge in [-0.15, -0.1) is 11.8 Å². The van der Waals surface area contributed by atoms with Gasteiger partial charge in [0.1, 0.15) is 39.3 Å². The van der Waals surface area contributed by atoms with Crippen LogP contribution in [-0.4, -0.2) is 64.1 Å². The van der Waals surface area contributed by atoms with Crippen LogP contribution in [0.25, 0.3) is 5.57 Å². The van der Waals surface area contributed by atoms with E-state index in [9.17, 15) is 24.3 Å². The van der Waals surface area contributed by atoms with Crippen molar-refractivity contribution in [2.75, 3.05) is 18.9 Å². The standard InChI is InChI=1S/C17H16Cl2N2O7S/c1-8(22)28-6-17(16(25)26)5-21-14(24)11(15(21)29-7-17)20-13(23)10(12(18)19)9-3-2-4-27-9/h2-4,11,15H,5-7H2,1H3,(H,20,23)(H,25,26)/t11?,15-,17?/m1/s1. The number of hydrogen-bond donors (Lipinski definition) is 2. The molecular weight excluding hydrogens is 447 g/mol. The van der Waals surface area contributed by atoms with Crippen molar-refractivity contribution in [1.29, 1.82) is 0 Å². The van der Waals surface area contributed by atoms with Crippen molar-refractivity contribution < 1.29 is 33.4 Å². The Morgan fingerprint density at radius 3 is 2.72 bits per heavy atom. The van der Waals surface area contributed by atoms with Gasteiger partial charge in [0.05, 0.1) is 6.26 Å². The summed E-state index contributed by atoms with van der Waals surface area (Å²) in [7, 11) is 0. The number of aliphatic carboxylic acids is 1. The summed E-state index contributed by atoms with van der Waals surface area (Å²) < 4.78 is 9.73. The lowest BCUT2D eigenvalue weighted by molar-refractivity contribution is -0.164. The first-order valence-electron chi connectivity index (χ1n) is 8.35. The van der Waals surface area contributed by atoms with E-state index in [1.807, 2.05) is 0 Å². The van der Waals surface area contributed by atoms with Crippen molar-refractivity contribution in [2.24, 2.45) is 5.41 Å². The van der Waals surface area contributed by atoms with Crippen LogP contribution in [0.5, 0.6) is 0 Å². The highest BCUT2D eigenvalue weighted by Gasteiger charge is 2.58. The highest BCUT2D eigenvalue weighted by Crippen LogP contribution is 2.42. The van der Waals surface area contributed by atoms with E-state index in [4.69, 9.17) is 32.4 Å². The Bertz CT molecular complexity index is 884. The number of nitrogens with one attached hydrogen (secondary N) is 1. The lowest BCUT2D eigenvalue weighted by Crippen LogP contribution is -2.74. The Morgan fingerprint density at radius 1 is 1.45 bits per heavy atom. The Labute approximate surface area is 179 Å². The molecule has 2 unspecified atom stereocenters. The first-order valence-corrected chi connectivity index (χ1v) is 10.2. The number of amides is 2. The van der Waals surface area contributed by atoms with Gasteiger partial charge in [-0.3, -0.25) is 19.2 Å². The van der Waals surface area contributed by atoms with Crippen LogP contribution in [0, 0.1) is 5.41 Å². The lowest BCUT2D eigenvalue weighted by atomic mass is 9.88. The molecule has 3 heterocycles. The summed E-state index contributed by atoms with van der Waals surface area (Å²) in [5, 5.41) is 11.7. The summed E-state index contributed by atoms with van der Waals surface area (Å²) in [5.74, 6) is -2.65. The van der Waals surface area contributed by atoms with Crippen LogP contribution in [0.15, 0.2) is 27.3 Å². The summed E-state index contributed by atoms with van der Waals surface area (Å²) in [6.45, 7) is 0.710. The average molecular weight is 463 g/mol. The maximum atomic E-state index is 12.6. The van der Waals surface area contributed by atoms with Crippen LogP contribution in [-0.2, 0) is 23.9 Å². The number of β-lactam (4-membered cyclic amide) rings is 1. The van der Waals surface area contributed by atoms with E-state index in [2.05, 4.69) is 5.32 Å². The van der Waals surface area contributed by atoms with Gasteiger partial charge in [-0.25, -0.2) is 0 Å². The molecule has 0 bridgehead atoms. The summed E-state index contributed by atoms with van der Waals surface area (Å²) in [4.78, 5) is 49.3. The first-order chi connectivity index (χ1) is 13.7. The zero-order valence-electron chi connectivity index (χ0n) is 15.0. The van der Waals surface area contributed by atoms with Crippen LogP contribution < -0.4 is 5.32 Å². The molecule has 12 heteroatoms. The molecule has 2 amide bonds.